The van der Waals surface area contributed by atoms with E-state index in [2.05, 4.69) is 28.5 Å². The molecule has 0 radical (unpaired) electrons. The molecular formula is C20H26N2O2S. The largest absolute Gasteiger partial charge is 0.380 e. The van der Waals surface area contributed by atoms with Crippen molar-refractivity contribution in [2.45, 2.75) is 19.4 Å². The van der Waals surface area contributed by atoms with Gasteiger partial charge in [-0.3, -0.25) is 9.69 Å². The third kappa shape index (κ3) is 5.39. The topological polar surface area (TPSA) is 32.8 Å². The number of carbonyl (C=O) groups excluding carboxylic acids is 1. The van der Waals surface area contributed by atoms with Gasteiger partial charge in [0.25, 0.3) is 0 Å². The van der Waals surface area contributed by atoms with Crippen LogP contribution in [-0.4, -0.2) is 55.5 Å². The maximum absolute atomic E-state index is 12.6. The lowest BCUT2D eigenvalue weighted by Crippen LogP contribution is -2.49. The SMILES string of the molecule is COCc1cccc(CC(=O)N2CCN(CCc3cccs3)CC2)c1. The van der Waals surface area contributed by atoms with Crippen molar-refractivity contribution in [3.05, 3.63) is 57.8 Å². The number of ether oxygens (including phenoxy) is 1. The zero-order valence-electron chi connectivity index (χ0n) is 14.8. The number of hydrogen-bond acceptors (Lipinski definition) is 4. The average Bonchev–Trinajstić information content (AvgIpc) is 3.14. The van der Waals surface area contributed by atoms with Crippen LogP contribution in [0.3, 0.4) is 0 Å². The summed E-state index contributed by atoms with van der Waals surface area (Å²) < 4.78 is 5.17. The molecule has 0 N–H and O–H groups in total. The molecule has 25 heavy (non-hydrogen) atoms. The molecule has 4 nitrogen and oxygen atoms in total. The lowest BCUT2D eigenvalue weighted by molar-refractivity contribution is -0.132. The fourth-order valence-corrected chi connectivity index (χ4v) is 3.92. The van der Waals surface area contributed by atoms with E-state index in [9.17, 15) is 4.79 Å². The van der Waals surface area contributed by atoms with Crippen LogP contribution in [0, 0.1) is 0 Å². The third-order valence-electron chi connectivity index (χ3n) is 4.64. The maximum atomic E-state index is 12.6. The van der Waals surface area contributed by atoms with Gasteiger partial charge in [-0.1, -0.05) is 30.3 Å². The Balaban J connectivity index is 1.44. The molecule has 1 fully saturated rings. The average molecular weight is 359 g/mol. The van der Waals surface area contributed by atoms with Crippen LogP contribution in [0.5, 0.6) is 0 Å². The number of carbonyl (C=O) groups is 1. The van der Waals surface area contributed by atoms with Crippen LogP contribution in [0.1, 0.15) is 16.0 Å². The number of nitrogens with zero attached hydrogens (tertiary/aromatic N) is 2. The van der Waals surface area contributed by atoms with E-state index in [1.165, 1.54) is 4.88 Å². The Morgan fingerprint density at radius 1 is 1.12 bits per heavy atom. The summed E-state index contributed by atoms with van der Waals surface area (Å²) >= 11 is 1.82. The lowest BCUT2D eigenvalue weighted by atomic mass is 10.1. The molecule has 0 spiro atoms. The number of benzene rings is 1. The molecule has 0 bridgehead atoms. The van der Waals surface area contributed by atoms with Crippen LogP contribution in [0.25, 0.3) is 0 Å². The molecule has 0 atom stereocenters. The summed E-state index contributed by atoms with van der Waals surface area (Å²) in [5.41, 5.74) is 2.19. The van der Waals surface area contributed by atoms with Crippen LogP contribution in [0.2, 0.25) is 0 Å². The van der Waals surface area contributed by atoms with Crippen molar-refractivity contribution in [2.24, 2.45) is 0 Å². The molecule has 1 amide bonds. The standard InChI is InChI=1S/C20H26N2O2S/c1-24-16-18-5-2-4-17(14-18)15-20(23)22-11-9-21(10-12-22)8-7-19-6-3-13-25-19/h2-6,13-14H,7-12,15-16H2,1H3. The van der Waals surface area contributed by atoms with Gasteiger partial charge in [-0.15, -0.1) is 11.3 Å². The minimum absolute atomic E-state index is 0.229. The number of piperazine rings is 1. The predicted octanol–water partition coefficient (Wildman–Crippen LogP) is 2.82. The zero-order chi connectivity index (χ0) is 17.5. The Morgan fingerprint density at radius 3 is 2.64 bits per heavy atom. The first-order chi connectivity index (χ1) is 12.2. The molecule has 2 heterocycles. The predicted molar refractivity (Wildman–Crippen MR) is 102 cm³/mol. The molecule has 5 heteroatoms. The van der Waals surface area contributed by atoms with E-state index in [0.717, 1.165) is 50.3 Å². The van der Waals surface area contributed by atoms with Crippen molar-refractivity contribution < 1.29 is 9.53 Å². The van der Waals surface area contributed by atoms with Crippen LogP contribution in [-0.2, 0) is 29.0 Å². The number of methoxy groups -OCH3 is 1. The fraction of sp³-hybridized carbons (Fsp3) is 0.450. The highest BCUT2D eigenvalue weighted by Gasteiger charge is 2.21. The van der Waals surface area contributed by atoms with E-state index in [1.807, 2.05) is 34.4 Å². The molecule has 0 saturated carbocycles. The number of rotatable bonds is 7. The van der Waals surface area contributed by atoms with Crippen molar-refractivity contribution in [1.29, 1.82) is 0 Å². The van der Waals surface area contributed by atoms with Crippen molar-refractivity contribution in [3.8, 4) is 0 Å². The number of thiophene rings is 1. The first-order valence-corrected chi connectivity index (χ1v) is 9.72. The van der Waals surface area contributed by atoms with Gasteiger partial charge in [-0.25, -0.2) is 0 Å². The summed E-state index contributed by atoms with van der Waals surface area (Å²) in [6.45, 7) is 5.29. The highest BCUT2D eigenvalue weighted by molar-refractivity contribution is 7.09. The summed E-state index contributed by atoms with van der Waals surface area (Å²) in [5, 5.41) is 2.13. The second-order valence-corrected chi connectivity index (χ2v) is 7.51. The summed E-state index contributed by atoms with van der Waals surface area (Å²) in [6, 6.07) is 12.4. The van der Waals surface area contributed by atoms with Crippen molar-refractivity contribution in [2.75, 3.05) is 39.8 Å². The Kier molecular flexibility index (Phi) is 6.62. The van der Waals surface area contributed by atoms with Crippen LogP contribution in [0.15, 0.2) is 41.8 Å². The molecule has 134 valence electrons. The van der Waals surface area contributed by atoms with E-state index in [0.29, 0.717) is 13.0 Å². The highest BCUT2D eigenvalue weighted by atomic mass is 32.1. The number of hydrogen-bond donors (Lipinski definition) is 0. The molecule has 0 unspecified atom stereocenters. The van der Waals surface area contributed by atoms with Gasteiger partial charge in [0.15, 0.2) is 0 Å². The normalized spacial score (nSPS) is 15.5. The van der Waals surface area contributed by atoms with Crippen LogP contribution in [0.4, 0.5) is 0 Å². The van der Waals surface area contributed by atoms with Crippen molar-refractivity contribution in [3.63, 3.8) is 0 Å². The monoisotopic (exact) mass is 358 g/mol. The molecule has 1 aromatic carbocycles. The Labute approximate surface area is 154 Å². The highest BCUT2D eigenvalue weighted by Crippen LogP contribution is 2.12. The fourth-order valence-electron chi connectivity index (χ4n) is 3.23. The van der Waals surface area contributed by atoms with E-state index >= 15 is 0 Å². The minimum Gasteiger partial charge on any atom is -0.380 e. The van der Waals surface area contributed by atoms with Gasteiger partial charge < -0.3 is 9.64 Å². The van der Waals surface area contributed by atoms with Gasteiger partial charge in [-0.2, -0.15) is 0 Å². The molecular weight excluding hydrogens is 332 g/mol. The second-order valence-electron chi connectivity index (χ2n) is 6.48. The number of amides is 1. The molecule has 1 aromatic heterocycles. The lowest BCUT2D eigenvalue weighted by Gasteiger charge is -2.34. The molecule has 2 aromatic rings. The van der Waals surface area contributed by atoms with Crippen molar-refractivity contribution >= 4 is 17.2 Å². The molecule has 0 aliphatic carbocycles. The zero-order valence-corrected chi connectivity index (χ0v) is 15.6. The van der Waals surface area contributed by atoms with E-state index in [-0.39, 0.29) is 5.91 Å². The molecule has 1 aliphatic rings. The first kappa shape index (κ1) is 18.1. The van der Waals surface area contributed by atoms with E-state index in [4.69, 9.17) is 4.74 Å². The summed E-state index contributed by atoms with van der Waals surface area (Å²) in [5.74, 6) is 0.229. The van der Waals surface area contributed by atoms with Crippen LogP contribution >= 0.6 is 11.3 Å². The van der Waals surface area contributed by atoms with Gasteiger partial charge in [0.2, 0.25) is 5.91 Å². The maximum Gasteiger partial charge on any atom is 0.227 e. The Morgan fingerprint density at radius 2 is 1.92 bits per heavy atom. The summed E-state index contributed by atoms with van der Waals surface area (Å²) in [6.07, 6.45) is 1.59. The van der Waals surface area contributed by atoms with Gasteiger partial charge in [0.1, 0.15) is 0 Å². The third-order valence-corrected chi connectivity index (χ3v) is 5.57. The quantitative estimate of drug-likeness (QED) is 0.763. The molecule has 3 rings (SSSR count). The van der Waals surface area contributed by atoms with Gasteiger partial charge in [-0.05, 0) is 29.0 Å². The minimum atomic E-state index is 0.229. The second kappa shape index (κ2) is 9.13. The summed E-state index contributed by atoms with van der Waals surface area (Å²) in [7, 11) is 1.69. The van der Waals surface area contributed by atoms with Crippen molar-refractivity contribution in [1.82, 2.24) is 9.80 Å². The molecule has 1 aliphatic heterocycles. The van der Waals surface area contributed by atoms with Crippen LogP contribution < -0.4 is 0 Å². The smallest absolute Gasteiger partial charge is 0.227 e. The first-order valence-electron chi connectivity index (χ1n) is 8.84. The van der Waals surface area contributed by atoms with Gasteiger partial charge >= 0.3 is 0 Å². The van der Waals surface area contributed by atoms with Gasteiger partial charge in [0, 0.05) is 44.7 Å². The van der Waals surface area contributed by atoms with E-state index in [1.54, 1.807) is 7.11 Å². The Bertz CT molecular complexity index is 664. The summed E-state index contributed by atoms with van der Waals surface area (Å²) in [4.78, 5) is 18.5. The van der Waals surface area contributed by atoms with Gasteiger partial charge in [0.05, 0.1) is 13.0 Å². The Hall–Kier alpha value is -1.69. The van der Waals surface area contributed by atoms with E-state index < -0.39 is 0 Å². The molecule has 1 saturated heterocycles.